The number of hydrogen-bond acceptors (Lipinski definition) is 6. The molecule has 0 aromatic carbocycles. The third kappa shape index (κ3) is 12.2. The summed E-state index contributed by atoms with van der Waals surface area (Å²) in [6.07, 6.45) is 3.37. The van der Waals surface area contributed by atoms with Gasteiger partial charge in [0.2, 0.25) is 0 Å². The Labute approximate surface area is 129 Å². The Kier molecular flexibility index (Phi) is 11.4. The SMILES string of the molecule is CC(=O)C=C(C)NCCSSCCNC=C(C)C(C)=O. The van der Waals surface area contributed by atoms with Crippen molar-refractivity contribution < 1.29 is 9.59 Å². The highest BCUT2D eigenvalue weighted by molar-refractivity contribution is 8.76. The number of carbonyl (C=O) groups is 2. The van der Waals surface area contributed by atoms with Crippen LogP contribution in [0.1, 0.15) is 27.7 Å². The molecule has 0 bridgehead atoms. The van der Waals surface area contributed by atoms with Gasteiger partial charge in [0, 0.05) is 42.1 Å². The summed E-state index contributed by atoms with van der Waals surface area (Å²) in [6.45, 7) is 8.51. The van der Waals surface area contributed by atoms with Gasteiger partial charge in [0.1, 0.15) is 0 Å². The Morgan fingerprint density at radius 3 is 2.15 bits per heavy atom. The van der Waals surface area contributed by atoms with Crippen molar-refractivity contribution in [3.8, 4) is 0 Å². The first-order valence-electron chi connectivity index (χ1n) is 6.51. The van der Waals surface area contributed by atoms with Gasteiger partial charge >= 0.3 is 0 Å². The molecule has 0 aliphatic heterocycles. The molecule has 0 aliphatic carbocycles. The number of allylic oxidation sites excluding steroid dienone is 3. The molecule has 20 heavy (non-hydrogen) atoms. The first kappa shape index (κ1) is 19.1. The largest absolute Gasteiger partial charge is 0.390 e. The van der Waals surface area contributed by atoms with E-state index in [1.807, 2.05) is 6.92 Å². The number of ketones is 2. The molecule has 0 fully saturated rings. The molecule has 0 amide bonds. The van der Waals surface area contributed by atoms with Crippen molar-refractivity contribution in [1.29, 1.82) is 0 Å². The lowest BCUT2D eigenvalue weighted by atomic mass is 10.2. The van der Waals surface area contributed by atoms with Crippen LogP contribution >= 0.6 is 21.6 Å². The fraction of sp³-hybridized carbons (Fsp3) is 0.571. The van der Waals surface area contributed by atoms with E-state index in [4.69, 9.17) is 0 Å². The molecular weight excluding hydrogens is 292 g/mol. The molecule has 0 heterocycles. The maximum absolute atomic E-state index is 11.0. The zero-order valence-corrected chi connectivity index (χ0v) is 14.2. The summed E-state index contributed by atoms with van der Waals surface area (Å²) in [5.74, 6) is 2.13. The summed E-state index contributed by atoms with van der Waals surface area (Å²) in [5, 5.41) is 6.30. The van der Waals surface area contributed by atoms with Crippen molar-refractivity contribution in [3.63, 3.8) is 0 Å². The number of hydrogen-bond donors (Lipinski definition) is 2. The van der Waals surface area contributed by atoms with E-state index in [2.05, 4.69) is 10.6 Å². The second kappa shape index (κ2) is 11.9. The second-order valence-corrected chi connectivity index (χ2v) is 7.05. The fourth-order valence-electron chi connectivity index (χ4n) is 1.19. The van der Waals surface area contributed by atoms with Gasteiger partial charge in [-0.2, -0.15) is 0 Å². The molecule has 4 nitrogen and oxygen atoms in total. The van der Waals surface area contributed by atoms with Crippen LogP contribution in [-0.4, -0.2) is 36.2 Å². The summed E-state index contributed by atoms with van der Waals surface area (Å²) in [7, 11) is 3.59. The molecule has 2 N–H and O–H groups in total. The van der Waals surface area contributed by atoms with Gasteiger partial charge in [-0.25, -0.2) is 0 Å². The molecule has 114 valence electrons. The number of rotatable bonds is 11. The van der Waals surface area contributed by atoms with Crippen LogP contribution in [0.25, 0.3) is 0 Å². The molecular formula is C14H24N2O2S2. The van der Waals surface area contributed by atoms with Crippen LogP contribution in [0.4, 0.5) is 0 Å². The van der Waals surface area contributed by atoms with E-state index in [0.717, 1.165) is 35.9 Å². The van der Waals surface area contributed by atoms with E-state index in [-0.39, 0.29) is 11.6 Å². The van der Waals surface area contributed by atoms with E-state index in [0.29, 0.717) is 0 Å². The molecule has 0 aromatic rings. The molecule has 0 saturated carbocycles. The quantitative estimate of drug-likeness (QED) is 0.347. The summed E-state index contributed by atoms with van der Waals surface area (Å²) >= 11 is 0. The van der Waals surface area contributed by atoms with Crippen LogP contribution in [0.5, 0.6) is 0 Å². The van der Waals surface area contributed by atoms with Crippen molar-refractivity contribution in [1.82, 2.24) is 10.6 Å². The standard InChI is InChI=1S/C14H24N2O2S2/c1-11(14(4)18)10-15-5-7-19-20-8-6-16-12(2)9-13(3)17/h9-10,15-16H,5-8H2,1-4H3. The Morgan fingerprint density at radius 2 is 1.60 bits per heavy atom. The minimum Gasteiger partial charge on any atom is -0.390 e. The highest BCUT2D eigenvalue weighted by Gasteiger charge is 1.95. The topological polar surface area (TPSA) is 58.2 Å². The summed E-state index contributed by atoms with van der Waals surface area (Å²) in [6, 6.07) is 0. The minimum atomic E-state index is 0.0667. The van der Waals surface area contributed by atoms with E-state index < -0.39 is 0 Å². The Balaban J connectivity index is 3.44. The van der Waals surface area contributed by atoms with E-state index in [1.54, 1.807) is 54.6 Å². The summed E-state index contributed by atoms with van der Waals surface area (Å²) < 4.78 is 0. The van der Waals surface area contributed by atoms with Gasteiger partial charge in [0.15, 0.2) is 11.6 Å². The lowest BCUT2D eigenvalue weighted by Crippen LogP contribution is -2.15. The summed E-state index contributed by atoms with van der Waals surface area (Å²) in [4.78, 5) is 21.8. The van der Waals surface area contributed by atoms with Gasteiger partial charge in [-0.05, 0) is 33.8 Å². The maximum atomic E-state index is 11.0. The zero-order chi connectivity index (χ0) is 15.4. The third-order valence-electron chi connectivity index (χ3n) is 2.30. The molecule has 0 unspecified atom stereocenters. The summed E-state index contributed by atoms with van der Waals surface area (Å²) in [5.41, 5.74) is 1.66. The van der Waals surface area contributed by atoms with Gasteiger partial charge < -0.3 is 10.6 Å². The van der Waals surface area contributed by atoms with E-state index >= 15 is 0 Å². The van der Waals surface area contributed by atoms with Gasteiger partial charge in [-0.1, -0.05) is 21.6 Å². The zero-order valence-electron chi connectivity index (χ0n) is 12.6. The van der Waals surface area contributed by atoms with Crippen LogP contribution in [0, 0.1) is 0 Å². The van der Waals surface area contributed by atoms with Crippen molar-refractivity contribution in [2.75, 3.05) is 24.6 Å². The Hall–Kier alpha value is -0.880. The third-order valence-corrected chi connectivity index (χ3v) is 4.70. The van der Waals surface area contributed by atoms with E-state index in [9.17, 15) is 9.59 Å². The van der Waals surface area contributed by atoms with Gasteiger partial charge in [0.25, 0.3) is 0 Å². The van der Waals surface area contributed by atoms with Crippen molar-refractivity contribution in [2.45, 2.75) is 27.7 Å². The molecule has 0 atom stereocenters. The van der Waals surface area contributed by atoms with Gasteiger partial charge in [0.05, 0.1) is 0 Å². The van der Waals surface area contributed by atoms with Crippen LogP contribution in [0.3, 0.4) is 0 Å². The molecule has 0 spiro atoms. The molecule has 0 rings (SSSR count). The second-order valence-electron chi connectivity index (χ2n) is 4.35. The van der Waals surface area contributed by atoms with Gasteiger partial charge in [-0.3, -0.25) is 9.59 Å². The normalized spacial score (nSPS) is 12.2. The Morgan fingerprint density at radius 1 is 1.00 bits per heavy atom. The van der Waals surface area contributed by atoms with Crippen molar-refractivity contribution in [2.24, 2.45) is 0 Å². The first-order chi connectivity index (χ1) is 9.43. The highest BCUT2D eigenvalue weighted by Crippen LogP contribution is 2.19. The van der Waals surface area contributed by atoms with Crippen molar-refractivity contribution >= 4 is 33.2 Å². The molecule has 0 aliphatic rings. The lowest BCUT2D eigenvalue weighted by molar-refractivity contribution is -0.114. The van der Waals surface area contributed by atoms with Crippen molar-refractivity contribution in [3.05, 3.63) is 23.5 Å². The number of nitrogens with one attached hydrogen (secondary N) is 2. The van der Waals surface area contributed by atoms with Crippen LogP contribution in [-0.2, 0) is 9.59 Å². The fourth-order valence-corrected chi connectivity index (χ4v) is 3.02. The monoisotopic (exact) mass is 316 g/mol. The van der Waals surface area contributed by atoms with Gasteiger partial charge in [-0.15, -0.1) is 0 Å². The molecule has 0 aromatic heterocycles. The van der Waals surface area contributed by atoms with Crippen LogP contribution < -0.4 is 10.6 Å². The first-order valence-corrected chi connectivity index (χ1v) is 9.00. The molecule has 0 saturated heterocycles. The maximum Gasteiger partial charge on any atom is 0.156 e. The average molecular weight is 316 g/mol. The molecule has 0 radical (unpaired) electrons. The highest BCUT2D eigenvalue weighted by atomic mass is 33.1. The number of Topliss-reactive ketones (excluding diaryl/α,β-unsaturated/α-hetero) is 1. The number of carbonyl (C=O) groups excluding carboxylic acids is 2. The molecule has 6 heteroatoms. The average Bonchev–Trinajstić information content (AvgIpc) is 2.35. The van der Waals surface area contributed by atoms with E-state index in [1.165, 1.54) is 0 Å². The predicted molar refractivity (Wildman–Crippen MR) is 89.8 cm³/mol. The minimum absolute atomic E-state index is 0.0667. The van der Waals surface area contributed by atoms with Crippen LogP contribution in [0.2, 0.25) is 0 Å². The van der Waals surface area contributed by atoms with Crippen LogP contribution in [0.15, 0.2) is 23.5 Å². The smallest absolute Gasteiger partial charge is 0.156 e. The Bertz CT molecular complexity index is 379. The predicted octanol–water partition coefficient (Wildman–Crippen LogP) is 2.53. The lowest BCUT2D eigenvalue weighted by Gasteiger charge is -2.06.